The lowest BCUT2D eigenvalue weighted by Crippen LogP contribution is -2.48. The number of benzene rings is 3. The van der Waals surface area contributed by atoms with E-state index in [0.717, 1.165) is 5.69 Å². The molecule has 2 atom stereocenters. The van der Waals surface area contributed by atoms with Crippen LogP contribution in [0.3, 0.4) is 0 Å². The van der Waals surface area contributed by atoms with Crippen molar-refractivity contribution in [2.24, 2.45) is 0 Å². The van der Waals surface area contributed by atoms with Crippen LogP contribution in [0.5, 0.6) is 5.75 Å². The quantitative estimate of drug-likeness (QED) is 0.263. The lowest BCUT2D eigenvalue weighted by molar-refractivity contribution is -0.189. The van der Waals surface area contributed by atoms with Gasteiger partial charge in [0.15, 0.2) is 0 Å². The summed E-state index contributed by atoms with van der Waals surface area (Å²) in [5, 5.41) is 0.978. The number of ether oxygens (including phenoxy) is 3. The van der Waals surface area contributed by atoms with Crippen LogP contribution in [0.1, 0.15) is 5.56 Å². The predicted octanol–water partition coefficient (Wildman–Crippen LogP) is 4.63. The van der Waals surface area contributed by atoms with Crippen molar-refractivity contribution in [2.75, 3.05) is 50.0 Å². The fourth-order valence-corrected chi connectivity index (χ4v) is 7.27. The largest absolute Gasteiger partial charge is 0.491 e. The van der Waals surface area contributed by atoms with Crippen LogP contribution in [0.25, 0.3) is 0 Å². The van der Waals surface area contributed by atoms with Gasteiger partial charge < -0.3 is 29.4 Å². The van der Waals surface area contributed by atoms with Gasteiger partial charge in [-0.2, -0.15) is 4.31 Å². The number of nitrogen functional groups attached to an aromatic ring is 1. The highest BCUT2D eigenvalue weighted by atomic mass is 35.5. The highest BCUT2D eigenvalue weighted by Crippen LogP contribution is 2.40. The maximum Gasteiger partial charge on any atom is 0.243 e. The number of nitrogens with two attached hydrogens (primary N) is 1. The van der Waals surface area contributed by atoms with Gasteiger partial charge in [0.05, 0.1) is 29.4 Å². The van der Waals surface area contributed by atoms with Crippen LogP contribution < -0.4 is 15.4 Å². The maximum atomic E-state index is 13.0. The lowest BCUT2D eigenvalue weighted by atomic mass is 10.1. The first-order valence-electron chi connectivity index (χ1n) is 13.8. The van der Waals surface area contributed by atoms with Crippen molar-refractivity contribution in [3.05, 3.63) is 101 Å². The summed E-state index contributed by atoms with van der Waals surface area (Å²) in [4.78, 5) is 6.54. The van der Waals surface area contributed by atoms with Gasteiger partial charge in [-0.05, 0) is 60.7 Å². The highest BCUT2D eigenvalue weighted by Gasteiger charge is 2.45. The molecule has 2 fully saturated rings. The third-order valence-corrected chi connectivity index (χ3v) is 10.0. The van der Waals surface area contributed by atoms with E-state index in [-0.39, 0.29) is 17.6 Å². The zero-order valence-electron chi connectivity index (χ0n) is 23.2. The number of aromatic nitrogens is 2. The lowest BCUT2D eigenvalue weighted by Gasteiger charge is -2.35. The van der Waals surface area contributed by atoms with E-state index < -0.39 is 15.8 Å². The van der Waals surface area contributed by atoms with Crippen molar-refractivity contribution in [1.29, 1.82) is 0 Å². The average Bonchev–Trinajstić information content (AvgIpc) is 3.67. The van der Waals surface area contributed by atoms with E-state index in [1.807, 2.05) is 41.1 Å². The van der Waals surface area contributed by atoms with E-state index >= 15 is 0 Å². The Hall–Kier alpha value is -3.32. The topological polar surface area (TPSA) is 112 Å². The van der Waals surface area contributed by atoms with E-state index in [0.29, 0.717) is 66.4 Å². The summed E-state index contributed by atoms with van der Waals surface area (Å²) in [5.41, 5.74) is 7.91. The molecule has 0 saturated carbocycles. The molecule has 2 aliphatic heterocycles. The fraction of sp³-hybridized carbons (Fsp3) is 0.300. The Morgan fingerprint density at radius 1 is 1.00 bits per heavy atom. The van der Waals surface area contributed by atoms with Gasteiger partial charge in [0.1, 0.15) is 18.5 Å². The Balaban J connectivity index is 1.05. The molecule has 3 heterocycles. The molecular formula is C30H31Cl2N5O5S. The van der Waals surface area contributed by atoms with Crippen LogP contribution in [-0.2, 0) is 31.8 Å². The predicted molar refractivity (Wildman–Crippen MR) is 165 cm³/mol. The number of sulfonamides is 1. The third kappa shape index (κ3) is 6.47. The minimum Gasteiger partial charge on any atom is -0.491 e. The molecule has 6 rings (SSSR count). The number of anilines is 2. The van der Waals surface area contributed by atoms with Crippen molar-refractivity contribution >= 4 is 44.6 Å². The molecule has 2 aliphatic rings. The molecule has 4 aromatic rings. The zero-order valence-corrected chi connectivity index (χ0v) is 25.5. The summed E-state index contributed by atoms with van der Waals surface area (Å²) in [5.74, 6) is -0.433. The number of rotatable bonds is 9. The molecule has 2 unspecified atom stereocenters. The average molecular weight is 645 g/mol. The van der Waals surface area contributed by atoms with Gasteiger partial charge in [-0.15, -0.1) is 0 Å². The SMILES string of the molecule is Nc1ccc(S(=O)(=O)N2CCN(c3ccc(OCC4COC(Cn5ccnc5)(c5ccc(Cl)cc5Cl)O4)cc3)CC2)cc1. The molecule has 226 valence electrons. The molecule has 3 aromatic carbocycles. The summed E-state index contributed by atoms with van der Waals surface area (Å²) < 4.78 is 48.2. The van der Waals surface area contributed by atoms with Gasteiger partial charge in [0, 0.05) is 60.5 Å². The van der Waals surface area contributed by atoms with Crippen LogP contribution in [0.4, 0.5) is 11.4 Å². The second-order valence-electron chi connectivity index (χ2n) is 10.4. The second kappa shape index (κ2) is 12.4. The molecule has 0 radical (unpaired) electrons. The summed E-state index contributed by atoms with van der Waals surface area (Å²) in [6.07, 6.45) is 4.89. The van der Waals surface area contributed by atoms with Gasteiger partial charge in [0.2, 0.25) is 15.8 Å². The van der Waals surface area contributed by atoms with Gasteiger partial charge in [0.25, 0.3) is 0 Å². The smallest absolute Gasteiger partial charge is 0.243 e. The van der Waals surface area contributed by atoms with Gasteiger partial charge >= 0.3 is 0 Å². The molecule has 43 heavy (non-hydrogen) atoms. The molecular weight excluding hydrogens is 613 g/mol. The number of imidazole rings is 1. The number of piperazine rings is 1. The van der Waals surface area contributed by atoms with Crippen molar-refractivity contribution < 1.29 is 22.6 Å². The van der Waals surface area contributed by atoms with Crippen molar-refractivity contribution in [3.63, 3.8) is 0 Å². The Labute approximate surface area is 260 Å². The molecule has 0 spiro atoms. The maximum absolute atomic E-state index is 13.0. The number of hydrogen-bond acceptors (Lipinski definition) is 8. The Morgan fingerprint density at radius 2 is 1.74 bits per heavy atom. The number of nitrogens with zero attached hydrogens (tertiary/aromatic N) is 4. The van der Waals surface area contributed by atoms with Crippen molar-refractivity contribution in [3.8, 4) is 5.75 Å². The van der Waals surface area contributed by atoms with E-state index in [2.05, 4.69) is 9.88 Å². The molecule has 0 bridgehead atoms. The van der Waals surface area contributed by atoms with E-state index in [1.54, 1.807) is 48.9 Å². The Bertz CT molecular complexity index is 1650. The fourth-order valence-electron chi connectivity index (χ4n) is 5.29. The second-order valence-corrected chi connectivity index (χ2v) is 13.2. The van der Waals surface area contributed by atoms with Crippen LogP contribution in [0.2, 0.25) is 10.0 Å². The minimum atomic E-state index is -3.56. The Kier molecular flexibility index (Phi) is 8.54. The van der Waals surface area contributed by atoms with Crippen LogP contribution in [0.15, 0.2) is 90.3 Å². The summed E-state index contributed by atoms with van der Waals surface area (Å²) in [6.45, 7) is 2.88. The zero-order chi connectivity index (χ0) is 30.0. The molecule has 10 nitrogen and oxygen atoms in total. The molecule has 1 aromatic heterocycles. The highest BCUT2D eigenvalue weighted by molar-refractivity contribution is 7.89. The minimum absolute atomic E-state index is 0.253. The van der Waals surface area contributed by atoms with Crippen molar-refractivity contribution in [2.45, 2.75) is 23.3 Å². The van der Waals surface area contributed by atoms with Crippen LogP contribution in [-0.4, -0.2) is 67.8 Å². The van der Waals surface area contributed by atoms with E-state index in [1.165, 1.54) is 4.31 Å². The number of hydrogen-bond donors (Lipinski definition) is 1. The van der Waals surface area contributed by atoms with E-state index in [9.17, 15) is 8.42 Å². The first-order valence-corrected chi connectivity index (χ1v) is 16.0. The monoisotopic (exact) mass is 643 g/mol. The standard InChI is InChI=1S/C30H31Cl2N5O5S/c31-22-1-10-28(29(32)17-22)30(20-35-12-11-34-21-35)41-19-26(42-30)18-40-25-6-4-24(5-7-25)36-13-15-37(16-14-36)43(38,39)27-8-2-23(33)3-9-27/h1-12,17,21,26H,13-16,18-20,33H2. The Morgan fingerprint density at radius 3 is 2.42 bits per heavy atom. The number of halogens is 2. The van der Waals surface area contributed by atoms with Gasteiger partial charge in [-0.3, -0.25) is 0 Å². The third-order valence-electron chi connectivity index (χ3n) is 7.55. The first kappa shape index (κ1) is 29.7. The van der Waals surface area contributed by atoms with Crippen molar-refractivity contribution in [1.82, 2.24) is 13.9 Å². The molecule has 0 amide bonds. The molecule has 2 saturated heterocycles. The first-order chi connectivity index (χ1) is 20.7. The van der Waals surface area contributed by atoms with Crippen LogP contribution in [0, 0.1) is 0 Å². The normalized spacial score (nSPS) is 21.3. The summed E-state index contributed by atoms with van der Waals surface area (Å²) >= 11 is 12.7. The van der Waals surface area contributed by atoms with E-state index in [4.69, 9.17) is 43.1 Å². The van der Waals surface area contributed by atoms with Crippen LogP contribution >= 0.6 is 23.2 Å². The molecule has 13 heteroatoms. The molecule has 2 N–H and O–H groups in total. The van der Waals surface area contributed by atoms with Gasteiger partial charge in [-0.1, -0.05) is 29.3 Å². The summed E-state index contributed by atoms with van der Waals surface area (Å²) in [6, 6.07) is 19.3. The van der Waals surface area contributed by atoms with Gasteiger partial charge in [-0.25, -0.2) is 13.4 Å². The summed E-state index contributed by atoms with van der Waals surface area (Å²) in [7, 11) is -3.56. The molecule has 0 aliphatic carbocycles.